The van der Waals surface area contributed by atoms with E-state index in [9.17, 15) is 5.11 Å². The largest absolute Gasteiger partial charge is 0.389 e. The molecule has 1 N–H and O–H groups in total. The zero-order valence-corrected chi connectivity index (χ0v) is 13.6. The Labute approximate surface area is 131 Å². The average Bonchev–Trinajstić information content (AvgIpc) is 2.98. The lowest BCUT2D eigenvalue weighted by atomic mass is 10.1. The van der Waals surface area contributed by atoms with Crippen LogP contribution >= 0.6 is 15.9 Å². The normalized spacial score (nSPS) is 13.0. The summed E-state index contributed by atoms with van der Waals surface area (Å²) in [5.74, 6) is 0. The first-order chi connectivity index (χ1) is 10.0. The van der Waals surface area contributed by atoms with E-state index >= 15 is 0 Å². The van der Waals surface area contributed by atoms with Crippen LogP contribution in [0.5, 0.6) is 0 Å². The van der Waals surface area contributed by atoms with Gasteiger partial charge in [-0.15, -0.1) is 0 Å². The van der Waals surface area contributed by atoms with Crippen LogP contribution in [0.4, 0.5) is 0 Å². The summed E-state index contributed by atoms with van der Waals surface area (Å²) in [6.45, 7) is 5.12. The van der Waals surface area contributed by atoms with Crippen LogP contribution in [0.1, 0.15) is 11.1 Å². The van der Waals surface area contributed by atoms with Crippen LogP contribution in [-0.2, 0) is 13.1 Å². The maximum atomic E-state index is 10.2. The van der Waals surface area contributed by atoms with Gasteiger partial charge in [0.2, 0.25) is 0 Å². The number of benzene rings is 1. The monoisotopic (exact) mass is 348 g/mol. The fraction of sp³-hybridized carbons (Fsp3) is 0.333. The fourth-order valence-electron chi connectivity index (χ4n) is 2.40. The smallest absolute Gasteiger partial charge is 0.0959 e. The van der Waals surface area contributed by atoms with Crippen LogP contribution in [0, 0.1) is 13.8 Å². The second-order valence-corrected chi connectivity index (χ2v) is 6.27. The molecule has 0 fully saturated rings. The van der Waals surface area contributed by atoms with E-state index in [-0.39, 0.29) is 0 Å². The number of aliphatic hydroxyl groups is 1. The van der Waals surface area contributed by atoms with Crippen molar-refractivity contribution in [2.45, 2.75) is 33.0 Å². The van der Waals surface area contributed by atoms with Crippen molar-refractivity contribution in [2.75, 3.05) is 0 Å². The molecule has 0 saturated heterocycles. The Morgan fingerprint density at radius 3 is 2.71 bits per heavy atom. The first kappa shape index (κ1) is 14.3. The summed E-state index contributed by atoms with van der Waals surface area (Å²) in [6, 6.07) is 4.20. The lowest BCUT2D eigenvalue weighted by molar-refractivity contribution is 0.131. The third-order valence-corrected chi connectivity index (χ3v) is 4.05. The van der Waals surface area contributed by atoms with Crippen molar-refractivity contribution in [3.05, 3.63) is 46.5 Å². The van der Waals surface area contributed by atoms with Gasteiger partial charge in [-0.2, -0.15) is 5.10 Å². The first-order valence-corrected chi connectivity index (χ1v) is 7.60. The minimum Gasteiger partial charge on any atom is -0.389 e. The quantitative estimate of drug-likeness (QED) is 0.788. The van der Waals surface area contributed by atoms with Crippen LogP contribution in [0.3, 0.4) is 0 Å². The van der Waals surface area contributed by atoms with Gasteiger partial charge in [0.15, 0.2) is 0 Å². The third-order valence-electron chi connectivity index (χ3n) is 3.64. The molecule has 0 radical (unpaired) electrons. The van der Waals surface area contributed by atoms with Crippen LogP contribution in [0.2, 0.25) is 0 Å². The van der Waals surface area contributed by atoms with E-state index in [0.717, 1.165) is 15.5 Å². The van der Waals surface area contributed by atoms with Crippen molar-refractivity contribution in [1.82, 2.24) is 19.3 Å². The van der Waals surface area contributed by atoms with Crippen molar-refractivity contribution < 1.29 is 5.11 Å². The highest BCUT2D eigenvalue weighted by Crippen LogP contribution is 2.19. The highest BCUT2D eigenvalue weighted by molar-refractivity contribution is 9.10. The van der Waals surface area contributed by atoms with E-state index in [1.54, 1.807) is 17.2 Å². The molecule has 110 valence electrons. The zero-order valence-electron chi connectivity index (χ0n) is 12.0. The minimum absolute atomic E-state index is 0.454. The second kappa shape index (κ2) is 5.61. The molecule has 0 aliphatic heterocycles. The van der Waals surface area contributed by atoms with Crippen LogP contribution in [-0.4, -0.2) is 30.5 Å². The second-order valence-electron chi connectivity index (χ2n) is 5.36. The molecule has 0 spiro atoms. The molecule has 0 saturated carbocycles. The van der Waals surface area contributed by atoms with Crippen molar-refractivity contribution in [1.29, 1.82) is 0 Å². The van der Waals surface area contributed by atoms with Crippen molar-refractivity contribution in [3.63, 3.8) is 0 Å². The van der Waals surface area contributed by atoms with E-state index in [4.69, 9.17) is 0 Å². The molecule has 1 atom stereocenters. The molecule has 5 nitrogen and oxygen atoms in total. The van der Waals surface area contributed by atoms with Gasteiger partial charge in [-0.1, -0.05) is 0 Å². The molecule has 2 aromatic heterocycles. The van der Waals surface area contributed by atoms with Crippen LogP contribution in [0.25, 0.3) is 11.0 Å². The minimum atomic E-state index is -0.518. The molecule has 0 amide bonds. The molecule has 3 aromatic rings. The molecule has 0 bridgehead atoms. The van der Waals surface area contributed by atoms with Crippen molar-refractivity contribution >= 4 is 27.0 Å². The Kier molecular flexibility index (Phi) is 3.82. The van der Waals surface area contributed by atoms with Crippen LogP contribution in [0.15, 0.2) is 35.3 Å². The highest BCUT2D eigenvalue weighted by Gasteiger charge is 2.11. The third kappa shape index (κ3) is 3.01. The number of rotatable bonds is 4. The Morgan fingerprint density at radius 2 is 2.00 bits per heavy atom. The summed E-state index contributed by atoms with van der Waals surface area (Å²) in [7, 11) is 0. The maximum Gasteiger partial charge on any atom is 0.0959 e. The van der Waals surface area contributed by atoms with Gasteiger partial charge < -0.3 is 9.67 Å². The molecular weight excluding hydrogens is 332 g/mol. The lowest BCUT2D eigenvalue weighted by Crippen LogP contribution is -2.22. The Morgan fingerprint density at radius 1 is 1.24 bits per heavy atom. The van der Waals surface area contributed by atoms with Gasteiger partial charge in [0.1, 0.15) is 0 Å². The van der Waals surface area contributed by atoms with Crippen molar-refractivity contribution in [2.24, 2.45) is 0 Å². The number of imidazole rings is 1. The van der Waals surface area contributed by atoms with Gasteiger partial charge in [0.25, 0.3) is 0 Å². The van der Waals surface area contributed by atoms with Gasteiger partial charge in [-0.25, -0.2) is 4.98 Å². The van der Waals surface area contributed by atoms with E-state index in [2.05, 4.69) is 52.0 Å². The molecule has 0 aliphatic rings. The molecule has 1 aromatic carbocycles. The average molecular weight is 349 g/mol. The van der Waals surface area contributed by atoms with Crippen molar-refractivity contribution in [3.8, 4) is 0 Å². The van der Waals surface area contributed by atoms with E-state index in [0.29, 0.717) is 13.1 Å². The summed E-state index contributed by atoms with van der Waals surface area (Å²) in [5, 5.41) is 14.4. The van der Waals surface area contributed by atoms with Gasteiger partial charge in [0, 0.05) is 6.20 Å². The Bertz CT molecular complexity index is 777. The first-order valence-electron chi connectivity index (χ1n) is 6.81. The Hall–Kier alpha value is -1.66. The predicted octanol–water partition coefficient (Wildman–Crippen LogP) is 2.67. The number of hydrogen-bond donors (Lipinski definition) is 1. The summed E-state index contributed by atoms with van der Waals surface area (Å²) in [6.07, 6.45) is 4.83. The number of aryl methyl sites for hydroxylation is 2. The number of hydrogen-bond acceptors (Lipinski definition) is 3. The molecule has 2 heterocycles. The highest BCUT2D eigenvalue weighted by atomic mass is 79.9. The van der Waals surface area contributed by atoms with Crippen LogP contribution < -0.4 is 0 Å². The molecular formula is C15H17BrN4O. The summed E-state index contributed by atoms with van der Waals surface area (Å²) in [4.78, 5) is 4.41. The Balaban J connectivity index is 1.79. The maximum absolute atomic E-state index is 10.2. The molecule has 21 heavy (non-hydrogen) atoms. The van der Waals surface area contributed by atoms with Gasteiger partial charge in [-0.05, 0) is 53.0 Å². The fourth-order valence-corrected chi connectivity index (χ4v) is 2.73. The summed E-state index contributed by atoms with van der Waals surface area (Å²) < 4.78 is 4.63. The number of halogens is 1. The number of fused-ring (bicyclic) bond motifs is 1. The number of aromatic nitrogens is 4. The van der Waals surface area contributed by atoms with Gasteiger partial charge in [0.05, 0.1) is 47.2 Å². The zero-order chi connectivity index (χ0) is 15.0. The molecule has 0 unspecified atom stereocenters. The van der Waals surface area contributed by atoms with Gasteiger partial charge in [-0.3, -0.25) is 4.68 Å². The molecule has 0 aliphatic carbocycles. The van der Waals surface area contributed by atoms with E-state index in [1.165, 1.54) is 11.1 Å². The topological polar surface area (TPSA) is 55.9 Å². The summed E-state index contributed by atoms with van der Waals surface area (Å²) >= 11 is 3.35. The standard InChI is InChI=1S/C15H17BrN4O/c1-10-3-14-15(4-11(10)2)19(9-17-14)7-13(21)8-20-6-12(16)5-18-20/h3-6,9,13,21H,7-8H2,1-2H3/t13-/m1/s1. The summed E-state index contributed by atoms with van der Waals surface area (Å²) in [5.41, 5.74) is 4.48. The SMILES string of the molecule is Cc1cc2ncn(C[C@@H](O)Cn3cc(Br)cn3)c2cc1C. The van der Waals surface area contributed by atoms with E-state index in [1.807, 2.05) is 10.8 Å². The van der Waals surface area contributed by atoms with E-state index < -0.39 is 6.10 Å². The lowest BCUT2D eigenvalue weighted by Gasteiger charge is -2.12. The number of nitrogens with zero attached hydrogens (tertiary/aromatic N) is 4. The predicted molar refractivity (Wildman–Crippen MR) is 85.1 cm³/mol. The van der Waals surface area contributed by atoms with Gasteiger partial charge >= 0.3 is 0 Å². The molecule has 3 rings (SSSR count). The number of aliphatic hydroxyl groups excluding tert-OH is 1. The molecule has 6 heteroatoms.